The number of ether oxygens (including phenoxy) is 2. The first-order valence-electron chi connectivity index (χ1n) is 5.77. The average Bonchev–Trinajstić information content (AvgIpc) is 2.71. The number of H-pyrrole nitrogens is 1. The normalized spacial score (nSPS) is 30.7. The van der Waals surface area contributed by atoms with Crippen molar-refractivity contribution in [3.8, 4) is 0 Å². The maximum atomic E-state index is 11.7. The van der Waals surface area contributed by atoms with E-state index in [-0.39, 0.29) is 6.42 Å². The summed E-state index contributed by atoms with van der Waals surface area (Å²) in [4.78, 5) is 25.2. The molecule has 2 heterocycles. The van der Waals surface area contributed by atoms with Crippen LogP contribution in [0.3, 0.4) is 0 Å². The van der Waals surface area contributed by atoms with Crippen molar-refractivity contribution in [2.75, 3.05) is 13.7 Å². The van der Waals surface area contributed by atoms with Crippen LogP contribution < -0.4 is 11.2 Å². The molecule has 0 aliphatic carbocycles. The van der Waals surface area contributed by atoms with Crippen LogP contribution in [0.1, 0.15) is 18.2 Å². The molecular formula is C11H16N2O6. The molecule has 0 aromatic carbocycles. The summed E-state index contributed by atoms with van der Waals surface area (Å²) in [7, 11) is 1.29. The monoisotopic (exact) mass is 272 g/mol. The van der Waals surface area contributed by atoms with Gasteiger partial charge in [0, 0.05) is 25.3 Å². The van der Waals surface area contributed by atoms with Crippen molar-refractivity contribution in [1.29, 1.82) is 0 Å². The summed E-state index contributed by atoms with van der Waals surface area (Å²) >= 11 is 0. The first-order chi connectivity index (χ1) is 8.93. The highest BCUT2D eigenvalue weighted by molar-refractivity contribution is 5.02. The lowest BCUT2D eigenvalue weighted by atomic mass is 10.1. The molecule has 2 rings (SSSR count). The summed E-state index contributed by atoms with van der Waals surface area (Å²) in [6, 6.07) is 0. The second-order valence-electron chi connectivity index (χ2n) is 4.48. The Morgan fingerprint density at radius 3 is 2.84 bits per heavy atom. The Morgan fingerprint density at radius 2 is 2.32 bits per heavy atom. The second-order valence-corrected chi connectivity index (χ2v) is 4.48. The zero-order chi connectivity index (χ0) is 14.2. The van der Waals surface area contributed by atoms with Gasteiger partial charge in [0.15, 0.2) is 0 Å². The molecule has 1 aromatic rings. The number of aryl methyl sites for hydroxylation is 1. The molecule has 0 spiro atoms. The summed E-state index contributed by atoms with van der Waals surface area (Å²) in [5.74, 6) is -1.55. The minimum Gasteiger partial charge on any atom is -0.391 e. The lowest BCUT2D eigenvalue weighted by Gasteiger charge is -2.28. The predicted molar refractivity (Wildman–Crippen MR) is 63.6 cm³/mol. The third-order valence-corrected chi connectivity index (χ3v) is 3.29. The zero-order valence-corrected chi connectivity index (χ0v) is 10.6. The first kappa shape index (κ1) is 13.9. The largest absolute Gasteiger partial charge is 0.391 e. The Kier molecular flexibility index (Phi) is 3.59. The highest BCUT2D eigenvalue weighted by Gasteiger charge is 2.49. The number of aliphatic hydroxyl groups is 2. The van der Waals surface area contributed by atoms with E-state index in [1.165, 1.54) is 13.3 Å². The van der Waals surface area contributed by atoms with Gasteiger partial charge in [-0.05, 0) is 6.92 Å². The van der Waals surface area contributed by atoms with Gasteiger partial charge >= 0.3 is 5.69 Å². The van der Waals surface area contributed by atoms with Crippen molar-refractivity contribution >= 4 is 0 Å². The molecule has 1 aromatic heterocycles. The Bertz CT molecular complexity index is 573. The minimum absolute atomic E-state index is 0.0692. The summed E-state index contributed by atoms with van der Waals surface area (Å²) < 4.78 is 11.6. The molecule has 1 fully saturated rings. The van der Waals surface area contributed by atoms with Gasteiger partial charge in [0.2, 0.25) is 5.79 Å². The Morgan fingerprint density at radius 1 is 1.63 bits per heavy atom. The third-order valence-electron chi connectivity index (χ3n) is 3.29. The summed E-state index contributed by atoms with van der Waals surface area (Å²) in [5, 5.41) is 19.2. The van der Waals surface area contributed by atoms with E-state index in [0.29, 0.717) is 5.56 Å². The number of rotatable bonds is 3. The SMILES string of the molecule is CO[C@]1(CO)O[C@@H](n2cc(C)c(=O)[nH]c2=O)C[C@@H]1O. The van der Waals surface area contributed by atoms with Gasteiger partial charge in [-0.25, -0.2) is 4.79 Å². The lowest BCUT2D eigenvalue weighted by Crippen LogP contribution is -2.45. The molecule has 0 bridgehead atoms. The van der Waals surface area contributed by atoms with Crippen molar-refractivity contribution < 1.29 is 19.7 Å². The highest BCUT2D eigenvalue weighted by atomic mass is 16.7. The van der Waals surface area contributed by atoms with Gasteiger partial charge in [0.25, 0.3) is 5.56 Å². The van der Waals surface area contributed by atoms with Gasteiger partial charge < -0.3 is 19.7 Å². The topological polar surface area (TPSA) is 114 Å². The molecule has 1 saturated heterocycles. The molecule has 0 unspecified atom stereocenters. The van der Waals surface area contributed by atoms with Crippen molar-refractivity contribution in [2.45, 2.75) is 31.5 Å². The van der Waals surface area contributed by atoms with Gasteiger partial charge in [0.1, 0.15) is 12.3 Å². The van der Waals surface area contributed by atoms with Crippen LogP contribution >= 0.6 is 0 Å². The fourth-order valence-corrected chi connectivity index (χ4v) is 2.09. The number of hydrogen-bond donors (Lipinski definition) is 3. The van der Waals surface area contributed by atoms with Crippen molar-refractivity contribution in [3.05, 3.63) is 32.6 Å². The van der Waals surface area contributed by atoms with Crippen molar-refractivity contribution in [1.82, 2.24) is 9.55 Å². The van der Waals surface area contributed by atoms with E-state index in [0.717, 1.165) is 4.57 Å². The number of aromatic amines is 1. The van der Waals surface area contributed by atoms with Gasteiger partial charge in [-0.1, -0.05) is 0 Å². The standard InChI is InChI=1S/C11H16N2O6/c1-6-4-13(10(17)12-9(6)16)8-3-7(15)11(5-14,18-2)19-8/h4,7-8,14-15H,3,5H2,1-2H3,(H,12,16,17)/t7-,8+,11+/m0/s1. The van der Waals surface area contributed by atoms with Crippen LogP contribution in [0.15, 0.2) is 15.8 Å². The molecule has 0 amide bonds. The molecule has 1 aliphatic rings. The van der Waals surface area contributed by atoms with Crippen LogP contribution in [0, 0.1) is 6.92 Å². The molecule has 8 heteroatoms. The third kappa shape index (κ3) is 2.23. The van der Waals surface area contributed by atoms with E-state index in [4.69, 9.17) is 9.47 Å². The Balaban J connectivity index is 2.38. The predicted octanol–water partition coefficient (Wildman–Crippen LogP) is -1.54. The summed E-state index contributed by atoms with van der Waals surface area (Å²) in [6.45, 7) is 1.01. The molecule has 1 aliphatic heterocycles. The number of methoxy groups -OCH3 is 1. The quantitative estimate of drug-likeness (QED) is 0.614. The molecule has 8 nitrogen and oxygen atoms in total. The number of nitrogens with zero attached hydrogens (tertiary/aromatic N) is 1. The second kappa shape index (κ2) is 4.89. The van der Waals surface area contributed by atoms with E-state index in [9.17, 15) is 19.8 Å². The Hall–Kier alpha value is -1.48. The summed E-state index contributed by atoms with van der Waals surface area (Å²) in [5.41, 5.74) is -0.769. The van der Waals surface area contributed by atoms with Crippen LogP contribution in [-0.2, 0) is 9.47 Å². The van der Waals surface area contributed by atoms with Crippen LogP contribution in [0.2, 0.25) is 0 Å². The fourth-order valence-electron chi connectivity index (χ4n) is 2.09. The molecule has 0 saturated carbocycles. The highest BCUT2D eigenvalue weighted by Crippen LogP contribution is 2.36. The van der Waals surface area contributed by atoms with Crippen LogP contribution in [-0.4, -0.2) is 45.4 Å². The van der Waals surface area contributed by atoms with Gasteiger partial charge in [0.05, 0.1) is 6.61 Å². The number of aromatic nitrogens is 2. The fraction of sp³-hybridized carbons (Fsp3) is 0.636. The molecule has 3 N–H and O–H groups in total. The molecule has 3 atom stereocenters. The van der Waals surface area contributed by atoms with Gasteiger partial charge in [-0.15, -0.1) is 0 Å². The van der Waals surface area contributed by atoms with E-state index in [1.807, 2.05) is 0 Å². The van der Waals surface area contributed by atoms with E-state index in [2.05, 4.69) is 4.98 Å². The molecular weight excluding hydrogens is 256 g/mol. The van der Waals surface area contributed by atoms with E-state index >= 15 is 0 Å². The number of aliphatic hydroxyl groups excluding tert-OH is 2. The summed E-state index contributed by atoms with van der Waals surface area (Å²) in [6.07, 6.45) is -0.474. The van der Waals surface area contributed by atoms with E-state index in [1.54, 1.807) is 6.92 Å². The maximum Gasteiger partial charge on any atom is 0.330 e. The van der Waals surface area contributed by atoms with Gasteiger partial charge in [-0.2, -0.15) is 0 Å². The molecule has 0 radical (unpaired) electrons. The number of nitrogens with one attached hydrogen (secondary N) is 1. The van der Waals surface area contributed by atoms with Crippen LogP contribution in [0.4, 0.5) is 0 Å². The van der Waals surface area contributed by atoms with E-state index < -0.39 is 36.0 Å². The van der Waals surface area contributed by atoms with Crippen molar-refractivity contribution in [2.24, 2.45) is 0 Å². The minimum atomic E-state index is -1.55. The maximum absolute atomic E-state index is 11.7. The average molecular weight is 272 g/mol. The van der Waals surface area contributed by atoms with Crippen molar-refractivity contribution in [3.63, 3.8) is 0 Å². The smallest absolute Gasteiger partial charge is 0.330 e. The van der Waals surface area contributed by atoms with Crippen LogP contribution in [0.5, 0.6) is 0 Å². The van der Waals surface area contributed by atoms with Gasteiger partial charge in [-0.3, -0.25) is 14.3 Å². The lowest BCUT2D eigenvalue weighted by molar-refractivity contribution is -0.269. The first-order valence-corrected chi connectivity index (χ1v) is 5.77. The number of hydrogen-bond acceptors (Lipinski definition) is 6. The van der Waals surface area contributed by atoms with Crippen LogP contribution in [0.25, 0.3) is 0 Å². The molecule has 19 heavy (non-hydrogen) atoms. The molecule has 106 valence electrons. The Labute approximate surface area is 108 Å². The zero-order valence-electron chi connectivity index (χ0n) is 10.6.